The molecule has 122 valence electrons. The van der Waals surface area contributed by atoms with Gasteiger partial charge in [-0.1, -0.05) is 32.0 Å². The van der Waals surface area contributed by atoms with Crippen LogP contribution in [-0.4, -0.2) is 35.1 Å². The first-order chi connectivity index (χ1) is 11.1. The molecule has 0 spiro atoms. The van der Waals surface area contributed by atoms with E-state index in [1.807, 2.05) is 41.1 Å². The lowest BCUT2D eigenvalue weighted by Crippen LogP contribution is -2.18. The molecule has 0 bridgehead atoms. The molecule has 0 aliphatic carbocycles. The minimum absolute atomic E-state index is 0.0275. The fourth-order valence-electron chi connectivity index (χ4n) is 2.70. The second kappa shape index (κ2) is 6.96. The first-order valence-electron chi connectivity index (χ1n) is 8.09. The Balaban J connectivity index is 1.78. The molecule has 0 amide bonds. The number of carbonyl (C=O) groups is 1. The van der Waals surface area contributed by atoms with Gasteiger partial charge in [0.05, 0.1) is 11.8 Å². The van der Waals surface area contributed by atoms with Crippen LogP contribution >= 0.6 is 0 Å². The molecule has 1 atom stereocenters. The molecular weight excluding hydrogens is 292 g/mol. The molecule has 1 saturated heterocycles. The van der Waals surface area contributed by atoms with Crippen molar-refractivity contribution in [2.24, 2.45) is 0 Å². The van der Waals surface area contributed by atoms with E-state index in [9.17, 15) is 4.79 Å². The predicted molar refractivity (Wildman–Crippen MR) is 86.9 cm³/mol. The topological polar surface area (TPSA) is 53.4 Å². The van der Waals surface area contributed by atoms with Crippen molar-refractivity contribution in [1.29, 1.82) is 0 Å². The molecule has 1 unspecified atom stereocenters. The van der Waals surface area contributed by atoms with Gasteiger partial charge in [-0.05, 0) is 37.0 Å². The summed E-state index contributed by atoms with van der Waals surface area (Å²) >= 11 is 0. The SMILES string of the molecule is CC(C)c1cc(C(=O)OCC2CCCO2)nn1-c1ccccc1. The number of nitrogens with zero attached hydrogens (tertiary/aromatic N) is 2. The van der Waals surface area contributed by atoms with Gasteiger partial charge in [-0.3, -0.25) is 0 Å². The second-order valence-electron chi connectivity index (χ2n) is 6.09. The summed E-state index contributed by atoms with van der Waals surface area (Å²) in [4.78, 5) is 12.3. The highest BCUT2D eigenvalue weighted by Gasteiger charge is 2.21. The van der Waals surface area contributed by atoms with Crippen LogP contribution in [0.1, 0.15) is 48.8 Å². The molecular formula is C18H22N2O3. The molecule has 3 rings (SSSR count). The number of aromatic nitrogens is 2. The van der Waals surface area contributed by atoms with E-state index in [2.05, 4.69) is 18.9 Å². The van der Waals surface area contributed by atoms with E-state index in [1.165, 1.54) is 0 Å². The number of esters is 1. The largest absolute Gasteiger partial charge is 0.458 e. The number of rotatable bonds is 5. The van der Waals surface area contributed by atoms with Gasteiger partial charge >= 0.3 is 5.97 Å². The number of carbonyl (C=O) groups excluding carboxylic acids is 1. The highest BCUT2D eigenvalue weighted by Crippen LogP contribution is 2.21. The Morgan fingerprint density at radius 1 is 1.39 bits per heavy atom. The molecule has 1 fully saturated rings. The predicted octanol–water partition coefficient (Wildman–Crippen LogP) is 3.33. The molecule has 23 heavy (non-hydrogen) atoms. The van der Waals surface area contributed by atoms with E-state index < -0.39 is 5.97 Å². The number of hydrogen-bond acceptors (Lipinski definition) is 4. The summed E-state index contributed by atoms with van der Waals surface area (Å²) in [6.07, 6.45) is 2.01. The molecule has 1 aromatic carbocycles. The molecule has 5 heteroatoms. The van der Waals surface area contributed by atoms with Gasteiger partial charge in [-0.2, -0.15) is 5.10 Å². The third-order valence-electron chi connectivity index (χ3n) is 3.96. The van der Waals surface area contributed by atoms with Crippen molar-refractivity contribution in [2.75, 3.05) is 13.2 Å². The zero-order valence-corrected chi connectivity index (χ0v) is 13.6. The Morgan fingerprint density at radius 3 is 2.83 bits per heavy atom. The van der Waals surface area contributed by atoms with E-state index in [0.717, 1.165) is 30.8 Å². The van der Waals surface area contributed by atoms with Crippen LogP contribution in [0.4, 0.5) is 0 Å². The maximum atomic E-state index is 12.3. The van der Waals surface area contributed by atoms with E-state index in [-0.39, 0.29) is 12.0 Å². The van der Waals surface area contributed by atoms with Crippen molar-refractivity contribution < 1.29 is 14.3 Å². The van der Waals surface area contributed by atoms with Gasteiger partial charge in [0.2, 0.25) is 0 Å². The van der Waals surface area contributed by atoms with Crippen LogP contribution in [0.25, 0.3) is 5.69 Å². The zero-order valence-electron chi connectivity index (χ0n) is 13.6. The summed E-state index contributed by atoms with van der Waals surface area (Å²) in [6, 6.07) is 11.6. The average Bonchev–Trinajstić information content (AvgIpc) is 3.23. The lowest BCUT2D eigenvalue weighted by atomic mass is 10.1. The van der Waals surface area contributed by atoms with Crippen LogP contribution in [0.5, 0.6) is 0 Å². The van der Waals surface area contributed by atoms with Gasteiger partial charge in [-0.25, -0.2) is 9.48 Å². The maximum absolute atomic E-state index is 12.3. The summed E-state index contributed by atoms with van der Waals surface area (Å²) in [5.41, 5.74) is 2.27. The van der Waals surface area contributed by atoms with Crippen molar-refractivity contribution >= 4 is 5.97 Å². The Morgan fingerprint density at radius 2 is 2.17 bits per heavy atom. The fourth-order valence-corrected chi connectivity index (χ4v) is 2.70. The first kappa shape index (κ1) is 15.7. The van der Waals surface area contributed by atoms with Gasteiger partial charge in [0.25, 0.3) is 0 Å². The average molecular weight is 314 g/mol. The summed E-state index contributed by atoms with van der Waals surface area (Å²) < 4.78 is 12.6. The number of benzene rings is 1. The second-order valence-corrected chi connectivity index (χ2v) is 6.09. The smallest absolute Gasteiger partial charge is 0.358 e. The minimum atomic E-state index is -0.392. The molecule has 5 nitrogen and oxygen atoms in total. The number of ether oxygens (including phenoxy) is 2. The Kier molecular flexibility index (Phi) is 4.76. The normalized spacial score (nSPS) is 17.6. The maximum Gasteiger partial charge on any atom is 0.358 e. The first-order valence-corrected chi connectivity index (χ1v) is 8.09. The molecule has 0 saturated carbocycles. The quantitative estimate of drug-likeness (QED) is 0.794. The standard InChI is InChI=1S/C18H22N2O3/c1-13(2)17-11-16(18(21)23-12-15-9-6-10-22-15)19-20(17)14-7-4-3-5-8-14/h3-5,7-8,11,13,15H,6,9-10,12H2,1-2H3. The van der Waals surface area contributed by atoms with Crippen molar-refractivity contribution in [3.8, 4) is 5.69 Å². The molecule has 1 aliphatic rings. The summed E-state index contributed by atoms with van der Waals surface area (Å²) in [5.74, 6) is -0.139. The van der Waals surface area contributed by atoms with E-state index in [1.54, 1.807) is 0 Å². The van der Waals surface area contributed by atoms with Gasteiger partial charge in [0.15, 0.2) is 5.69 Å². The third-order valence-corrected chi connectivity index (χ3v) is 3.96. The van der Waals surface area contributed by atoms with Crippen LogP contribution in [0.3, 0.4) is 0 Å². The van der Waals surface area contributed by atoms with Crippen molar-refractivity contribution in [3.63, 3.8) is 0 Å². The molecule has 1 aromatic heterocycles. The van der Waals surface area contributed by atoms with Crippen LogP contribution < -0.4 is 0 Å². The highest BCUT2D eigenvalue weighted by atomic mass is 16.6. The Bertz CT molecular complexity index is 658. The van der Waals surface area contributed by atoms with Crippen molar-refractivity contribution in [1.82, 2.24) is 9.78 Å². The molecule has 2 aromatic rings. The van der Waals surface area contributed by atoms with Crippen LogP contribution in [0.15, 0.2) is 36.4 Å². The summed E-state index contributed by atoms with van der Waals surface area (Å²) in [7, 11) is 0. The van der Waals surface area contributed by atoms with Crippen LogP contribution in [0.2, 0.25) is 0 Å². The number of hydrogen-bond donors (Lipinski definition) is 0. The zero-order chi connectivity index (χ0) is 16.2. The minimum Gasteiger partial charge on any atom is -0.458 e. The lowest BCUT2D eigenvalue weighted by molar-refractivity contribution is 0.0156. The van der Waals surface area contributed by atoms with E-state index >= 15 is 0 Å². The van der Waals surface area contributed by atoms with E-state index in [4.69, 9.17) is 9.47 Å². The van der Waals surface area contributed by atoms with Crippen molar-refractivity contribution in [3.05, 3.63) is 47.8 Å². The number of para-hydroxylation sites is 1. The third kappa shape index (κ3) is 3.62. The van der Waals surface area contributed by atoms with Gasteiger partial charge in [-0.15, -0.1) is 0 Å². The molecule has 0 radical (unpaired) electrons. The molecule has 0 N–H and O–H groups in total. The van der Waals surface area contributed by atoms with Crippen LogP contribution in [-0.2, 0) is 9.47 Å². The highest BCUT2D eigenvalue weighted by molar-refractivity contribution is 5.87. The molecule has 2 heterocycles. The summed E-state index contributed by atoms with van der Waals surface area (Å²) in [6.45, 7) is 5.21. The van der Waals surface area contributed by atoms with E-state index in [0.29, 0.717) is 12.3 Å². The van der Waals surface area contributed by atoms with Gasteiger partial charge in [0, 0.05) is 12.3 Å². The molecule has 1 aliphatic heterocycles. The summed E-state index contributed by atoms with van der Waals surface area (Å²) in [5, 5.41) is 4.45. The van der Waals surface area contributed by atoms with Crippen LogP contribution in [0, 0.1) is 0 Å². The Labute approximate surface area is 136 Å². The van der Waals surface area contributed by atoms with Crippen molar-refractivity contribution in [2.45, 2.75) is 38.7 Å². The van der Waals surface area contributed by atoms with Gasteiger partial charge in [0.1, 0.15) is 6.61 Å². The monoisotopic (exact) mass is 314 g/mol. The van der Waals surface area contributed by atoms with Gasteiger partial charge < -0.3 is 9.47 Å². The lowest BCUT2D eigenvalue weighted by Gasteiger charge is -2.09. The fraction of sp³-hybridized carbons (Fsp3) is 0.444. The Hall–Kier alpha value is -2.14.